The van der Waals surface area contributed by atoms with E-state index in [0.29, 0.717) is 43.6 Å². The normalized spacial score (nSPS) is 19.7. The van der Waals surface area contributed by atoms with Gasteiger partial charge in [0.1, 0.15) is 11.9 Å². The lowest BCUT2D eigenvalue weighted by Crippen LogP contribution is -2.53. The van der Waals surface area contributed by atoms with Crippen molar-refractivity contribution in [1.29, 1.82) is 0 Å². The molecule has 10 heteroatoms. The molecule has 0 aliphatic carbocycles. The van der Waals surface area contributed by atoms with E-state index in [-0.39, 0.29) is 31.0 Å². The molecule has 0 amide bonds. The number of halogens is 4. The largest absolute Gasteiger partial charge is 0.408 e. The minimum absolute atomic E-state index is 0.0115. The number of hydrogen-bond acceptors (Lipinski definition) is 5. The van der Waals surface area contributed by atoms with Gasteiger partial charge in [-0.2, -0.15) is 18.2 Å². The fraction of sp³-hybridized carbons (Fsp3) is 0.500. The molecule has 0 bridgehead atoms. The molecule has 0 radical (unpaired) electrons. The number of ether oxygens (including phenoxy) is 1. The van der Waals surface area contributed by atoms with Crippen molar-refractivity contribution >= 4 is 23.4 Å². The first-order valence-electron chi connectivity index (χ1n) is 9.85. The summed E-state index contributed by atoms with van der Waals surface area (Å²) in [6.07, 6.45) is -4.26. The third kappa shape index (κ3) is 4.41. The van der Waals surface area contributed by atoms with Crippen molar-refractivity contribution in [2.45, 2.75) is 31.6 Å². The molecule has 0 unspecified atom stereocenters. The first kappa shape index (κ1) is 21.0. The van der Waals surface area contributed by atoms with E-state index in [1.54, 1.807) is 18.2 Å². The van der Waals surface area contributed by atoms with Crippen LogP contribution in [0.15, 0.2) is 35.1 Å². The van der Waals surface area contributed by atoms with Crippen LogP contribution in [0.1, 0.15) is 12.0 Å². The number of hydrogen-bond donors (Lipinski definition) is 0. The molecule has 2 aliphatic rings. The predicted molar refractivity (Wildman–Crippen MR) is 108 cm³/mol. The molecule has 162 valence electrons. The summed E-state index contributed by atoms with van der Waals surface area (Å²) in [7, 11) is 0. The molecule has 0 N–H and O–H groups in total. The van der Waals surface area contributed by atoms with E-state index in [0.717, 1.165) is 5.56 Å². The number of rotatable bonds is 4. The maximum Gasteiger partial charge on any atom is 0.408 e. The van der Waals surface area contributed by atoms with E-state index in [1.165, 1.54) is 15.5 Å². The quantitative estimate of drug-likeness (QED) is 0.728. The van der Waals surface area contributed by atoms with Crippen molar-refractivity contribution in [2.75, 3.05) is 42.6 Å². The van der Waals surface area contributed by atoms with Crippen LogP contribution in [0.5, 0.6) is 0 Å². The fourth-order valence-electron chi connectivity index (χ4n) is 3.95. The van der Waals surface area contributed by atoms with Crippen LogP contribution in [-0.2, 0) is 17.7 Å². The molecule has 1 saturated heterocycles. The summed E-state index contributed by atoms with van der Waals surface area (Å²) in [4.78, 5) is 20.3. The van der Waals surface area contributed by atoms with Gasteiger partial charge in [-0.15, -0.1) is 0 Å². The highest BCUT2D eigenvalue weighted by Crippen LogP contribution is 2.34. The minimum atomic E-state index is -4.42. The van der Waals surface area contributed by atoms with Gasteiger partial charge in [0.05, 0.1) is 13.2 Å². The van der Waals surface area contributed by atoms with Crippen molar-refractivity contribution in [2.24, 2.45) is 0 Å². The number of morpholine rings is 1. The molecule has 30 heavy (non-hydrogen) atoms. The molecule has 4 rings (SSSR count). The second kappa shape index (κ2) is 8.47. The van der Waals surface area contributed by atoms with E-state index < -0.39 is 12.2 Å². The lowest BCUT2D eigenvalue weighted by atomic mass is 10.1. The smallest absolute Gasteiger partial charge is 0.378 e. The van der Waals surface area contributed by atoms with Crippen LogP contribution < -0.4 is 15.4 Å². The van der Waals surface area contributed by atoms with E-state index >= 15 is 0 Å². The van der Waals surface area contributed by atoms with Crippen molar-refractivity contribution in [3.8, 4) is 0 Å². The lowest BCUT2D eigenvalue weighted by molar-refractivity contribution is -0.152. The van der Waals surface area contributed by atoms with Crippen molar-refractivity contribution in [3.63, 3.8) is 0 Å². The third-order valence-electron chi connectivity index (χ3n) is 5.48. The number of fused-ring (bicyclic) bond motifs is 1. The van der Waals surface area contributed by atoms with Gasteiger partial charge in [0.15, 0.2) is 0 Å². The Kier molecular flexibility index (Phi) is 5.92. The van der Waals surface area contributed by atoms with Crippen LogP contribution in [0.3, 0.4) is 0 Å². The summed E-state index contributed by atoms with van der Waals surface area (Å²) < 4.78 is 48.1. The van der Waals surface area contributed by atoms with E-state index in [1.807, 2.05) is 11.0 Å². The molecule has 1 fully saturated rings. The van der Waals surface area contributed by atoms with Crippen molar-refractivity contribution in [1.82, 2.24) is 9.55 Å². The number of alkyl halides is 3. The Morgan fingerprint density at radius 2 is 1.93 bits per heavy atom. The molecule has 2 aromatic rings. The molecular formula is C20H22ClF3N4O2. The summed E-state index contributed by atoms with van der Waals surface area (Å²) in [6, 6.07) is 6.75. The van der Waals surface area contributed by atoms with Crippen molar-refractivity contribution < 1.29 is 17.9 Å². The third-order valence-corrected chi connectivity index (χ3v) is 5.71. The Hall–Kier alpha value is -2.26. The summed E-state index contributed by atoms with van der Waals surface area (Å²) in [6.45, 7) is 2.13. The number of nitrogens with zero attached hydrogens (tertiary/aromatic N) is 4. The van der Waals surface area contributed by atoms with Gasteiger partial charge >= 0.3 is 6.18 Å². The topological polar surface area (TPSA) is 50.6 Å². The Balaban J connectivity index is 1.69. The van der Waals surface area contributed by atoms with Gasteiger partial charge < -0.3 is 14.5 Å². The molecule has 1 aromatic heterocycles. The lowest BCUT2D eigenvalue weighted by Gasteiger charge is -2.39. The van der Waals surface area contributed by atoms with Gasteiger partial charge in [-0.1, -0.05) is 23.7 Å². The van der Waals surface area contributed by atoms with Gasteiger partial charge in [0, 0.05) is 37.3 Å². The Labute approximate surface area is 176 Å². The number of anilines is 2. The van der Waals surface area contributed by atoms with Crippen LogP contribution in [0.4, 0.5) is 24.9 Å². The number of benzene rings is 1. The van der Waals surface area contributed by atoms with Crippen molar-refractivity contribution in [3.05, 3.63) is 51.3 Å². The Morgan fingerprint density at radius 3 is 2.63 bits per heavy atom. The van der Waals surface area contributed by atoms with Crippen LogP contribution in [0, 0.1) is 0 Å². The summed E-state index contributed by atoms with van der Waals surface area (Å²) >= 11 is 6.01. The van der Waals surface area contributed by atoms with Gasteiger partial charge in [-0.25, -0.2) is 0 Å². The molecular weight excluding hydrogens is 421 g/mol. The van der Waals surface area contributed by atoms with Crippen LogP contribution >= 0.6 is 11.6 Å². The first-order valence-corrected chi connectivity index (χ1v) is 10.2. The molecule has 1 atom stereocenters. The highest BCUT2D eigenvalue weighted by Gasteiger charge is 2.46. The Bertz CT molecular complexity index is 960. The molecule has 3 heterocycles. The van der Waals surface area contributed by atoms with Gasteiger partial charge in [0.2, 0.25) is 5.95 Å². The van der Waals surface area contributed by atoms with E-state index in [4.69, 9.17) is 16.3 Å². The maximum absolute atomic E-state index is 13.8. The van der Waals surface area contributed by atoms with Crippen LogP contribution in [0.2, 0.25) is 5.02 Å². The Morgan fingerprint density at radius 1 is 1.17 bits per heavy atom. The summed E-state index contributed by atoms with van der Waals surface area (Å²) in [5, 5.41) is 0.530. The zero-order valence-corrected chi connectivity index (χ0v) is 17.0. The van der Waals surface area contributed by atoms with E-state index in [9.17, 15) is 18.0 Å². The minimum Gasteiger partial charge on any atom is -0.378 e. The zero-order valence-electron chi connectivity index (χ0n) is 16.2. The predicted octanol–water partition coefficient (Wildman–Crippen LogP) is 3.12. The second-order valence-electron chi connectivity index (χ2n) is 7.42. The monoisotopic (exact) mass is 442 g/mol. The average molecular weight is 443 g/mol. The summed E-state index contributed by atoms with van der Waals surface area (Å²) in [5.41, 5.74) is 0.488. The molecule has 6 nitrogen and oxygen atoms in total. The number of aromatic nitrogens is 2. The fourth-order valence-corrected chi connectivity index (χ4v) is 4.16. The van der Waals surface area contributed by atoms with Crippen LogP contribution in [0.25, 0.3) is 0 Å². The summed E-state index contributed by atoms with van der Waals surface area (Å²) in [5.74, 6) is 0.463. The maximum atomic E-state index is 13.8. The van der Waals surface area contributed by atoms with Gasteiger partial charge in [-0.05, 0) is 30.5 Å². The SMILES string of the molecule is O=c1cc(N2CCOCC2)nc2n1CC[C@@H](C(F)(F)F)N2CCc1cccc(Cl)c1. The highest BCUT2D eigenvalue weighted by atomic mass is 35.5. The average Bonchev–Trinajstić information content (AvgIpc) is 2.72. The van der Waals surface area contributed by atoms with Crippen LogP contribution in [-0.4, -0.2) is 54.6 Å². The molecule has 0 saturated carbocycles. The highest BCUT2D eigenvalue weighted by molar-refractivity contribution is 6.30. The zero-order chi connectivity index (χ0) is 21.3. The molecule has 2 aliphatic heterocycles. The standard InChI is InChI=1S/C20H22ClF3N4O2/c21-15-3-1-2-14(12-15)4-6-27-16(20(22,23)24)5-7-28-18(29)13-17(25-19(27)28)26-8-10-30-11-9-26/h1-3,12-13,16H,4-11H2/t16-/m0/s1. The molecule has 1 aromatic carbocycles. The molecule has 0 spiro atoms. The van der Waals surface area contributed by atoms with Gasteiger partial charge in [0.25, 0.3) is 5.56 Å². The van der Waals surface area contributed by atoms with E-state index in [2.05, 4.69) is 4.98 Å². The van der Waals surface area contributed by atoms with Gasteiger partial charge in [-0.3, -0.25) is 9.36 Å². The first-order chi connectivity index (χ1) is 14.3. The second-order valence-corrected chi connectivity index (χ2v) is 7.86.